The number of carbonyl (C=O) groups excluding carboxylic acids is 2. The molecule has 0 saturated heterocycles. The highest BCUT2D eigenvalue weighted by Gasteiger charge is 2.13. The fourth-order valence-electron chi connectivity index (χ4n) is 1.63. The number of hydrazine groups is 1. The van der Waals surface area contributed by atoms with Crippen LogP contribution in [0.25, 0.3) is 0 Å². The van der Waals surface area contributed by atoms with Crippen LogP contribution in [0.15, 0.2) is 28.9 Å². The first-order valence-electron chi connectivity index (χ1n) is 5.85. The van der Waals surface area contributed by atoms with Crippen molar-refractivity contribution in [3.05, 3.63) is 45.5 Å². The van der Waals surface area contributed by atoms with Crippen LogP contribution in [-0.4, -0.2) is 11.8 Å². The maximum absolute atomic E-state index is 11.9. The molecular weight excluding hydrogens is 264 g/mol. The molecule has 2 aromatic heterocycles. The highest BCUT2D eigenvalue weighted by atomic mass is 32.1. The molecule has 2 amide bonds. The number of hydrogen-bond acceptors (Lipinski definition) is 4. The van der Waals surface area contributed by atoms with Crippen molar-refractivity contribution >= 4 is 23.2 Å². The molecule has 19 heavy (non-hydrogen) atoms. The van der Waals surface area contributed by atoms with E-state index < -0.39 is 5.91 Å². The molecule has 0 spiro atoms. The average Bonchev–Trinajstić information content (AvgIpc) is 3.04. The normalized spacial score (nSPS) is 10.2. The van der Waals surface area contributed by atoms with Gasteiger partial charge in [0.25, 0.3) is 5.91 Å². The van der Waals surface area contributed by atoms with Gasteiger partial charge >= 0.3 is 5.91 Å². The summed E-state index contributed by atoms with van der Waals surface area (Å²) in [5, 5.41) is 0. The van der Waals surface area contributed by atoms with Gasteiger partial charge in [-0.1, -0.05) is 6.92 Å². The summed E-state index contributed by atoms with van der Waals surface area (Å²) in [5.74, 6) is -0.660. The highest BCUT2D eigenvalue weighted by Crippen LogP contribution is 2.21. The van der Waals surface area contributed by atoms with Gasteiger partial charge in [0.2, 0.25) is 0 Å². The van der Waals surface area contributed by atoms with Crippen molar-refractivity contribution in [2.75, 3.05) is 0 Å². The Labute approximate surface area is 114 Å². The Kier molecular flexibility index (Phi) is 4.01. The summed E-state index contributed by atoms with van der Waals surface area (Å²) in [7, 11) is 0. The van der Waals surface area contributed by atoms with E-state index in [9.17, 15) is 9.59 Å². The Morgan fingerprint density at radius 3 is 2.63 bits per heavy atom. The number of amides is 2. The second-order valence-electron chi connectivity index (χ2n) is 3.93. The van der Waals surface area contributed by atoms with Crippen molar-refractivity contribution in [3.63, 3.8) is 0 Å². The first-order chi connectivity index (χ1) is 9.11. The Hall–Kier alpha value is -2.08. The lowest BCUT2D eigenvalue weighted by molar-refractivity contribution is 0.0833. The number of hydrogen-bond donors (Lipinski definition) is 2. The molecule has 2 rings (SSSR count). The number of thiophene rings is 1. The van der Waals surface area contributed by atoms with E-state index in [0.717, 1.165) is 16.9 Å². The topological polar surface area (TPSA) is 71.3 Å². The zero-order chi connectivity index (χ0) is 13.8. The molecule has 0 saturated carbocycles. The van der Waals surface area contributed by atoms with Crippen LogP contribution in [0, 0.1) is 6.92 Å². The van der Waals surface area contributed by atoms with E-state index in [-0.39, 0.29) is 11.7 Å². The quantitative estimate of drug-likeness (QED) is 0.846. The van der Waals surface area contributed by atoms with Crippen molar-refractivity contribution in [2.45, 2.75) is 20.3 Å². The molecule has 0 radical (unpaired) electrons. The van der Waals surface area contributed by atoms with Gasteiger partial charge in [-0.15, -0.1) is 11.3 Å². The van der Waals surface area contributed by atoms with Crippen molar-refractivity contribution < 1.29 is 14.0 Å². The van der Waals surface area contributed by atoms with Gasteiger partial charge in [0.05, 0.1) is 11.1 Å². The molecule has 0 fully saturated rings. The second-order valence-corrected chi connectivity index (χ2v) is 5.19. The minimum Gasteiger partial charge on any atom is -0.459 e. The molecule has 2 aromatic rings. The zero-order valence-corrected chi connectivity index (χ0v) is 11.5. The molecule has 6 heteroatoms. The lowest BCUT2D eigenvalue weighted by Crippen LogP contribution is -2.41. The van der Waals surface area contributed by atoms with Gasteiger partial charge in [-0.2, -0.15) is 0 Å². The summed E-state index contributed by atoms with van der Waals surface area (Å²) in [6.07, 6.45) is 2.28. The molecule has 0 aromatic carbocycles. The molecular formula is C13H14N2O3S. The first-order valence-corrected chi connectivity index (χ1v) is 6.67. The van der Waals surface area contributed by atoms with E-state index in [0.29, 0.717) is 4.88 Å². The van der Waals surface area contributed by atoms with Crippen LogP contribution in [0.2, 0.25) is 0 Å². The lowest BCUT2D eigenvalue weighted by Gasteiger charge is -2.03. The van der Waals surface area contributed by atoms with Gasteiger partial charge in [0, 0.05) is 4.88 Å². The van der Waals surface area contributed by atoms with E-state index in [1.54, 1.807) is 6.07 Å². The molecule has 0 unspecified atom stereocenters. The maximum Gasteiger partial charge on any atom is 0.305 e. The molecule has 0 bridgehead atoms. The molecule has 0 aliphatic heterocycles. The third kappa shape index (κ3) is 3.03. The molecule has 0 aliphatic carbocycles. The van der Waals surface area contributed by atoms with E-state index in [1.807, 2.05) is 19.9 Å². The van der Waals surface area contributed by atoms with Crippen LogP contribution >= 0.6 is 11.3 Å². The van der Waals surface area contributed by atoms with E-state index >= 15 is 0 Å². The predicted octanol–water partition coefficient (Wildman–Crippen LogP) is 2.29. The molecule has 5 nitrogen and oxygen atoms in total. The van der Waals surface area contributed by atoms with Crippen LogP contribution in [0.5, 0.6) is 0 Å². The van der Waals surface area contributed by atoms with Gasteiger partial charge in [-0.3, -0.25) is 20.4 Å². The molecule has 2 heterocycles. The first kappa shape index (κ1) is 13.4. The SMILES string of the molecule is CCc1cc(C(=O)NNC(=O)c2ccco2)sc1C. The highest BCUT2D eigenvalue weighted by molar-refractivity contribution is 7.14. The summed E-state index contributed by atoms with van der Waals surface area (Å²) in [5.41, 5.74) is 5.81. The molecule has 0 aliphatic rings. The van der Waals surface area contributed by atoms with Gasteiger partial charge in [-0.05, 0) is 37.1 Å². The third-order valence-electron chi connectivity index (χ3n) is 2.66. The van der Waals surface area contributed by atoms with Crippen LogP contribution in [0.3, 0.4) is 0 Å². The Bertz CT molecular complexity index is 587. The Morgan fingerprint density at radius 2 is 2.05 bits per heavy atom. The largest absolute Gasteiger partial charge is 0.459 e. The minimum atomic E-state index is -0.484. The van der Waals surface area contributed by atoms with E-state index in [1.165, 1.54) is 23.7 Å². The molecule has 0 atom stereocenters. The van der Waals surface area contributed by atoms with Crippen molar-refractivity contribution in [1.82, 2.24) is 10.9 Å². The third-order valence-corrected chi connectivity index (χ3v) is 3.75. The number of rotatable bonds is 3. The van der Waals surface area contributed by atoms with Crippen LogP contribution in [-0.2, 0) is 6.42 Å². The summed E-state index contributed by atoms with van der Waals surface area (Å²) in [4.78, 5) is 25.1. The minimum absolute atomic E-state index is 0.150. The number of furan rings is 1. The van der Waals surface area contributed by atoms with Crippen LogP contribution in [0.4, 0.5) is 0 Å². The van der Waals surface area contributed by atoms with E-state index in [2.05, 4.69) is 10.9 Å². The fraction of sp³-hybridized carbons (Fsp3) is 0.231. The molecule has 2 N–H and O–H groups in total. The fourth-order valence-corrected chi connectivity index (χ4v) is 2.64. The number of aryl methyl sites for hydroxylation is 2. The van der Waals surface area contributed by atoms with Crippen LogP contribution in [0.1, 0.15) is 37.6 Å². The summed E-state index contributed by atoms with van der Waals surface area (Å²) in [6, 6.07) is 4.97. The monoisotopic (exact) mass is 278 g/mol. The van der Waals surface area contributed by atoms with E-state index in [4.69, 9.17) is 4.42 Å². The number of nitrogens with one attached hydrogen (secondary N) is 2. The maximum atomic E-state index is 11.9. The lowest BCUT2D eigenvalue weighted by atomic mass is 10.2. The summed E-state index contributed by atoms with van der Waals surface area (Å²) in [6.45, 7) is 4.01. The van der Waals surface area contributed by atoms with Gasteiger partial charge in [-0.25, -0.2) is 0 Å². The van der Waals surface area contributed by atoms with Crippen molar-refractivity contribution in [3.8, 4) is 0 Å². The predicted molar refractivity (Wildman–Crippen MR) is 72.1 cm³/mol. The second kappa shape index (κ2) is 5.71. The standard InChI is InChI=1S/C13H14N2O3S/c1-3-9-7-11(19-8(9)2)13(17)15-14-12(16)10-5-4-6-18-10/h4-7H,3H2,1-2H3,(H,14,16)(H,15,17). The van der Waals surface area contributed by atoms with Gasteiger partial charge in [0.1, 0.15) is 0 Å². The summed E-state index contributed by atoms with van der Waals surface area (Å²) < 4.78 is 4.91. The Balaban J connectivity index is 1.96. The summed E-state index contributed by atoms with van der Waals surface area (Å²) >= 11 is 1.41. The number of carbonyl (C=O) groups is 2. The van der Waals surface area contributed by atoms with Crippen molar-refractivity contribution in [1.29, 1.82) is 0 Å². The molecule has 100 valence electrons. The smallest absolute Gasteiger partial charge is 0.305 e. The van der Waals surface area contributed by atoms with Gasteiger partial charge < -0.3 is 4.42 Å². The Morgan fingerprint density at radius 1 is 1.32 bits per heavy atom. The average molecular weight is 278 g/mol. The van der Waals surface area contributed by atoms with Crippen molar-refractivity contribution in [2.24, 2.45) is 0 Å². The van der Waals surface area contributed by atoms with Gasteiger partial charge in [0.15, 0.2) is 5.76 Å². The van der Waals surface area contributed by atoms with Crippen LogP contribution < -0.4 is 10.9 Å². The zero-order valence-electron chi connectivity index (χ0n) is 10.6.